The zero-order chi connectivity index (χ0) is 20.5. The van der Waals surface area contributed by atoms with Gasteiger partial charge in [0.05, 0.1) is 15.5 Å². The van der Waals surface area contributed by atoms with Crippen LogP contribution in [-0.4, -0.2) is 19.5 Å². The van der Waals surface area contributed by atoms with Crippen LogP contribution in [-0.2, 0) is 14.8 Å². The standard InChI is InChI=1S/C18H13ClFNO6S/c1-10(22)26-17-15(23)16(14-12(19)8-5-9-13(14)20)27-18(17)21-28(24,25)11-6-3-2-4-7-11/h2-9,21,23H,1H3. The molecule has 0 amide bonds. The summed E-state index contributed by atoms with van der Waals surface area (Å²) in [6.45, 7) is 1.04. The summed E-state index contributed by atoms with van der Waals surface area (Å²) in [6, 6.07) is 11.0. The third-order valence-electron chi connectivity index (χ3n) is 3.56. The lowest BCUT2D eigenvalue weighted by molar-refractivity contribution is -0.131. The van der Waals surface area contributed by atoms with Crippen molar-refractivity contribution in [2.45, 2.75) is 11.8 Å². The van der Waals surface area contributed by atoms with Crippen LogP contribution in [0.3, 0.4) is 0 Å². The van der Waals surface area contributed by atoms with Crippen molar-refractivity contribution in [2.75, 3.05) is 4.72 Å². The summed E-state index contributed by atoms with van der Waals surface area (Å²) < 4.78 is 51.6. The van der Waals surface area contributed by atoms with Crippen molar-refractivity contribution < 1.29 is 31.9 Å². The number of esters is 1. The molecule has 0 unspecified atom stereocenters. The molecule has 1 aromatic heterocycles. The molecule has 0 aliphatic carbocycles. The highest BCUT2D eigenvalue weighted by molar-refractivity contribution is 7.92. The van der Waals surface area contributed by atoms with Crippen LogP contribution in [0.15, 0.2) is 57.8 Å². The van der Waals surface area contributed by atoms with Gasteiger partial charge in [-0.3, -0.25) is 4.79 Å². The number of rotatable bonds is 5. The number of hydrogen-bond donors (Lipinski definition) is 2. The van der Waals surface area contributed by atoms with Gasteiger partial charge in [-0.15, -0.1) is 0 Å². The molecule has 0 radical (unpaired) electrons. The van der Waals surface area contributed by atoms with E-state index in [1.54, 1.807) is 6.07 Å². The molecule has 0 bridgehead atoms. The first kappa shape index (κ1) is 19.7. The molecule has 0 aliphatic rings. The molecule has 1 heterocycles. The Morgan fingerprint density at radius 2 is 1.86 bits per heavy atom. The zero-order valence-electron chi connectivity index (χ0n) is 14.3. The average Bonchev–Trinajstić information content (AvgIpc) is 2.91. The zero-order valence-corrected chi connectivity index (χ0v) is 15.8. The lowest BCUT2D eigenvalue weighted by Crippen LogP contribution is -2.13. The predicted molar refractivity (Wildman–Crippen MR) is 99.3 cm³/mol. The maximum absolute atomic E-state index is 14.2. The van der Waals surface area contributed by atoms with E-state index < -0.39 is 45.0 Å². The van der Waals surface area contributed by atoms with Crippen molar-refractivity contribution in [3.8, 4) is 22.8 Å². The Morgan fingerprint density at radius 3 is 2.46 bits per heavy atom. The summed E-state index contributed by atoms with van der Waals surface area (Å²) in [7, 11) is -4.15. The molecule has 3 aromatic rings. The van der Waals surface area contributed by atoms with Gasteiger partial charge in [0.2, 0.25) is 11.5 Å². The number of carbonyl (C=O) groups is 1. The van der Waals surface area contributed by atoms with E-state index in [1.165, 1.54) is 36.4 Å². The van der Waals surface area contributed by atoms with Gasteiger partial charge < -0.3 is 14.3 Å². The monoisotopic (exact) mass is 425 g/mol. The number of sulfonamides is 1. The highest BCUT2D eigenvalue weighted by atomic mass is 35.5. The fourth-order valence-corrected chi connectivity index (χ4v) is 3.64. The molecule has 0 saturated heterocycles. The number of benzene rings is 2. The van der Waals surface area contributed by atoms with Gasteiger partial charge in [0.25, 0.3) is 15.9 Å². The van der Waals surface area contributed by atoms with Crippen molar-refractivity contribution in [2.24, 2.45) is 0 Å². The van der Waals surface area contributed by atoms with Gasteiger partial charge in [0.15, 0.2) is 5.76 Å². The number of nitrogens with one attached hydrogen (secondary N) is 1. The molecule has 2 aromatic carbocycles. The Labute approximate surface area is 164 Å². The summed E-state index contributed by atoms with van der Waals surface area (Å²) in [6.07, 6.45) is 0. The smallest absolute Gasteiger partial charge is 0.308 e. The van der Waals surface area contributed by atoms with Gasteiger partial charge >= 0.3 is 5.97 Å². The molecule has 0 spiro atoms. The number of anilines is 1. The van der Waals surface area contributed by atoms with Crippen molar-refractivity contribution in [1.29, 1.82) is 0 Å². The molecule has 2 N–H and O–H groups in total. The number of halogens is 2. The number of aromatic hydroxyl groups is 1. The fraction of sp³-hybridized carbons (Fsp3) is 0.0556. The third-order valence-corrected chi connectivity index (χ3v) is 5.22. The Hall–Kier alpha value is -3.04. The normalized spacial score (nSPS) is 11.2. The minimum atomic E-state index is -4.15. The Kier molecular flexibility index (Phi) is 5.30. The number of hydrogen-bond acceptors (Lipinski definition) is 6. The lowest BCUT2D eigenvalue weighted by Gasteiger charge is -2.07. The molecule has 10 heteroatoms. The highest BCUT2D eigenvalue weighted by Gasteiger charge is 2.30. The molecule has 28 heavy (non-hydrogen) atoms. The van der Waals surface area contributed by atoms with E-state index in [1.807, 2.05) is 0 Å². The van der Waals surface area contributed by atoms with Gasteiger partial charge in [0, 0.05) is 6.92 Å². The summed E-state index contributed by atoms with van der Waals surface area (Å²) in [5.41, 5.74) is -0.319. The molecule has 0 saturated carbocycles. The SMILES string of the molecule is CC(=O)Oc1c(NS(=O)(=O)c2ccccc2)oc(-c2c(F)cccc2Cl)c1O. The van der Waals surface area contributed by atoms with Crippen LogP contribution in [0.5, 0.6) is 11.5 Å². The second-order valence-corrected chi connectivity index (χ2v) is 7.64. The summed E-state index contributed by atoms with van der Waals surface area (Å²) in [5, 5.41) is 10.3. The van der Waals surface area contributed by atoms with Gasteiger partial charge in [-0.1, -0.05) is 35.9 Å². The largest absolute Gasteiger partial charge is 0.502 e. The Balaban J connectivity index is 2.15. The van der Waals surface area contributed by atoms with Crippen LogP contribution in [0.2, 0.25) is 5.02 Å². The van der Waals surface area contributed by atoms with Gasteiger partial charge in [0.1, 0.15) is 5.82 Å². The van der Waals surface area contributed by atoms with Crippen LogP contribution in [0.1, 0.15) is 6.92 Å². The van der Waals surface area contributed by atoms with E-state index in [0.717, 1.165) is 13.0 Å². The minimum Gasteiger partial charge on any atom is -0.502 e. The van der Waals surface area contributed by atoms with Crippen molar-refractivity contribution >= 4 is 33.5 Å². The maximum atomic E-state index is 14.2. The Bertz CT molecular complexity index is 1120. The molecule has 0 atom stereocenters. The van der Waals surface area contributed by atoms with Crippen LogP contribution in [0.4, 0.5) is 10.3 Å². The van der Waals surface area contributed by atoms with Crippen LogP contribution < -0.4 is 9.46 Å². The molecular weight excluding hydrogens is 413 g/mol. The maximum Gasteiger partial charge on any atom is 0.308 e. The number of furan rings is 1. The minimum absolute atomic E-state index is 0.101. The van der Waals surface area contributed by atoms with E-state index in [4.69, 9.17) is 20.8 Å². The molecule has 146 valence electrons. The van der Waals surface area contributed by atoms with E-state index in [-0.39, 0.29) is 15.5 Å². The topological polar surface area (TPSA) is 106 Å². The quantitative estimate of drug-likeness (QED) is 0.594. The summed E-state index contributed by atoms with van der Waals surface area (Å²) in [5.74, 6) is -4.18. The molecule has 0 aliphatic heterocycles. The molecule has 0 fully saturated rings. The second kappa shape index (κ2) is 7.53. The first-order valence-corrected chi connectivity index (χ1v) is 9.63. The third kappa shape index (κ3) is 3.80. The Morgan fingerprint density at radius 1 is 1.18 bits per heavy atom. The molecule has 3 rings (SSSR count). The highest BCUT2D eigenvalue weighted by Crippen LogP contribution is 2.49. The predicted octanol–water partition coefficient (Wildman–Crippen LogP) is 4.17. The lowest BCUT2D eigenvalue weighted by atomic mass is 10.1. The van der Waals surface area contributed by atoms with E-state index in [9.17, 15) is 22.7 Å². The van der Waals surface area contributed by atoms with E-state index >= 15 is 0 Å². The van der Waals surface area contributed by atoms with E-state index in [0.29, 0.717) is 0 Å². The first-order valence-electron chi connectivity index (χ1n) is 7.77. The van der Waals surface area contributed by atoms with Crippen molar-refractivity contribution in [3.05, 3.63) is 59.4 Å². The van der Waals surface area contributed by atoms with Crippen LogP contribution >= 0.6 is 11.6 Å². The average molecular weight is 426 g/mol. The van der Waals surface area contributed by atoms with Crippen LogP contribution in [0.25, 0.3) is 11.3 Å². The number of carbonyl (C=O) groups excluding carboxylic acids is 1. The van der Waals surface area contributed by atoms with E-state index in [2.05, 4.69) is 4.72 Å². The first-order chi connectivity index (χ1) is 13.2. The molecular formula is C18H13ClFNO6S. The second-order valence-electron chi connectivity index (χ2n) is 5.55. The van der Waals surface area contributed by atoms with Crippen LogP contribution in [0, 0.1) is 5.82 Å². The van der Waals surface area contributed by atoms with Crippen molar-refractivity contribution in [1.82, 2.24) is 0 Å². The number of ether oxygens (including phenoxy) is 1. The molecule has 7 nitrogen and oxygen atoms in total. The fourth-order valence-electron chi connectivity index (χ4n) is 2.38. The summed E-state index contributed by atoms with van der Waals surface area (Å²) in [4.78, 5) is 11.3. The van der Waals surface area contributed by atoms with Gasteiger partial charge in [-0.2, -0.15) is 0 Å². The van der Waals surface area contributed by atoms with Gasteiger partial charge in [-0.05, 0) is 24.3 Å². The summed E-state index contributed by atoms with van der Waals surface area (Å²) >= 11 is 5.97. The van der Waals surface area contributed by atoms with Crippen molar-refractivity contribution in [3.63, 3.8) is 0 Å². The van der Waals surface area contributed by atoms with Gasteiger partial charge in [-0.25, -0.2) is 17.5 Å².